The Labute approximate surface area is 126 Å². The van der Waals surface area contributed by atoms with Gasteiger partial charge in [0.2, 0.25) is 5.91 Å². The van der Waals surface area contributed by atoms with Crippen LogP contribution < -0.4 is 0 Å². The Hall–Kier alpha value is -1.62. The average Bonchev–Trinajstić information content (AvgIpc) is 3.10. The lowest BCUT2D eigenvalue weighted by atomic mass is 10.1. The minimum atomic E-state index is 0.240. The number of aromatic nitrogens is 2. The van der Waals surface area contributed by atoms with E-state index in [1.54, 1.807) is 6.20 Å². The molecule has 0 aliphatic carbocycles. The molecular weight excluding hydrogens is 318 g/mol. The van der Waals surface area contributed by atoms with Gasteiger partial charge in [-0.1, -0.05) is 34.1 Å². The number of carbonyl (C=O) groups excluding carboxylic acids is 1. The fourth-order valence-electron chi connectivity index (χ4n) is 2.60. The summed E-state index contributed by atoms with van der Waals surface area (Å²) in [4.78, 5) is 14.0. The highest BCUT2D eigenvalue weighted by atomic mass is 79.9. The van der Waals surface area contributed by atoms with Crippen LogP contribution in [0.25, 0.3) is 5.69 Å². The molecule has 2 aromatic rings. The van der Waals surface area contributed by atoms with Gasteiger partial charge in [0.05, 0.1) is 5.69 Å². The molecule has 1 aromatic heterocycles. The van der Waals surface area contributed by atoms with Crippen molar-refractivity contribution in [3.63, 3.8) is 0 Å². The first kappa shape index (κ1) is 13.4. The molecular formula is C15H16BrN3O. The van der Waals surface area contributed by atoms with Gasteiger partial charge in [-0.05, 0) is 23.6 Å². The summed E-state index contributed by atoms with van der Waals surface area (Å²) in [5.74, 6) is 0.670. The van der Waals surface area contributed by atoms with Crippen molar-refractivity contribution in [1.29, 1.82) is 0 Å². The number of amides is 1. The average molecular weight is 334 g/mol. The van der Waals surface area contributed by atoms with Crippen molar-refractivity contribution >= 4 is 21.8 Å². The zero-order chi connectivity index (χ0) is 13.9. The Balaban J connectivity index is 1.83. The Morgan fingerprint density at radius 3 is 2.85 bits per heavy atom. The monoisotopic (exact) mass is 333 g/mol. The van der Waals surface area contributed by atoms with E-state index in [1.807, 2.05) is 40.0 Å². The molecule has 4 nitrogen and oxygen atoms in total. The van der Waals surface area contributed by atoms with Crippen molar-refractivity contribution in [2.75, 3.05) is 11.9 Å². The van der Waals surface area contributed by atoms with E-state index < -0.39 is 0 Å². The zero-order valence-electron chi connectivity index (χ0n) is 11.1. The van der Waals surface area contributed by atoms with Crippen LogP contribution in [0.5, 0.6) is 0 Å². The van der Waals surface area contributed by atoms with Crippen LogP contribution in [0.1, 0.15) is 12.0 Å². The summed E-state index contributed by atoms with van der Waals surface area (Å²) in [7, 11) is 0. The number of hydrogen-bond acceptors (Lipinski definition) is 2. The van der Waals surface area contributed by atoms with Crippen LogP contribution in [0.15, 0.2) is 42.7 Å². The maximum atomic E-state index is 12.0. The Bertz CT molecular complexity index is 597. The molecule has 1 aromatic carbocycles. The van der Waals surface area contributed by atoms with E-state index >= 15 is 0 Å². The maximum Gasteiger partial charge on any atom is 0.223 e. The third kappa shape index (κ3) is 2.63. The molecule has 1 fully saturated rings. The number of alkyl halides is 1. The van der Waals surface area contributed by atoms with E-state index in [-0.39, 0.29) is 5.91 Å². The molecule has 1 aliphatic rings. The summed E-state index contributed by atoms with van der Waals surface area (Å²) in [5, 5.41) is 5.16. The molecule has 0 N–H and O–H groups in total. The van der Waals surface area contributed by atoms with Crippen molar-refractivity contribution in [1.82, 2.24) is 14.7 Å². The van der Waals surface area contributed by atoms with Crippen LogP contribution >= 0.6 is 15.9 Å². The van der Waals surface area contributed by atoms with E-state index in [0.717, 1.165) is 23.1 Å². The molecule has 0 radical (unpaired) electrons. The number of likely N-dealkylation sites (tertiary alicyclic amines) is 1. The predicted molar refractivity (Wildman–Crippen MR) is 80.9 cm³/mol. The second-order valence-electron chi connectivity index (χ2n) is 5.08. The molecule has 20 heavy (non-hydrogen) atoms. The van der Waals surface area contributed by atoms with E-state index in [0.29, 0.717) is 18.9 Å². The van der Waals surface area contributed by atoms with Crippen LogP contribution in [0, 0.1) is 5.92 Å². The smallest absolute Gasteiger partial charge is 0.223 e. The lowest BCUT2D eigenvalue weighted by Gasteiger charge is -2.18. The standard InChI is InChI=1S/C15H16BrN3O/c16-9-12-8-15(20)18(10-12)11-13-4-1-2-5-14(13)19-7-3-6-17-19/h1-7,12H,8-11H2. The molecule has 1 aliphatic heterocycles. The molecule has 2 heterocycles. The molecule has 0 spiro atoms. The topological polar surface area (TPSA) is 38.1 Å². The van der Waals surface area contributed by atoms with Gasteiger partial charge in [0, 0.05) is 37.2 Å². The van der Waals surface area contributed by atoms with Gasteiger partial charge in [-0.2, -0.15) is 5.10 Å². The van der Waals surface area contributed by atoms with Crippen LogP contribution in [0.4, 0.5) is 0 Å². The third-order valence-electron chi connectivity index (χ3n) is 3.62. The van der Waals surface area contributed by atoms with Crippen molar-refractivity contribution in [3.8, 4) is 5.69 Å². The van der Waals surface area contributed by atoms with Gasteiger partial charge in [0.15, 0.2) is 0 Å². The van der Waals surface area contributed by atoms with Crippen LogP contribution in [0.2, 0.25) is 0 Å². The van der Waals surface area contributed by atoms with Gasteiger partial charge < -0.3 is 4.90 Å². The summed E-state index contributed by atoms with van der Waals surface area (Å²) in [5.41, 5.74) is 2.16. The summed E-state index contributed by atoms with van der Waals surface area (Å²) in [6, 6.07) is 9.99. The van der Waals surface area contributed by atoms with Gasteiger partial charge in [0.1, 0.15) is 0 Å². The van der Waals surface area contributed by atoms with Crippen LogP contribution in [-0.4, -0.2) is 32.5 Å². The first-order chi connectivity index (χ1) is 9.78. The largest absolute Gasteiger partial charge is 0.338 e. The van der Waals surface area contributed by atoms with Gasteiger partial charge in [0.25, 0.3) is 0 Å². The minimum absolute atomic E-state index is 0.240. The first-order valence-corrected chi connectivity index (χ1v) is 7.81. The first-order valence-electron chi connectivity index (χ1n) is 6.69. The molecule has 1 saturated heterocycles. The number of hydrogen-bond donors (Lipinski definition) is 0. The van der Waals surface area contributed by atoms with E-state index in [9.17, 15) is 4.79 Å². The summed E-state index contributed by atoms with van der Waals surface area (Å²) >= 11 is 3.47. The van der Waals surface area contributed by atoms with E-state index in [4.69, 9.17) is 0 Å². The number of nitrogens with zero attached hydrogens (tertiary/aromatic N) is 3. The molecule has 1 amide bonds. The molecule has 1 unspecified atom stereocenters. The number of carbonyl (C=O) groups is 1. The normalized spacial score (nSPS) is 18.8. The molecule has 1 atom stereocenters. The quantitative estimate of drug-likeness (QED) is 0.806. The molecule has 0 saturated carbocycles. The fourth-order valence-corrected chi connectivity index (χ4v) is 3.03. The van der Waals surface area contributed by atoms with Crippen molar-refractivity contribution in [2.24, 2.45) is 5.92 Å². The van der Waals surface area contributed by atoms with E-state index in [2.05, 4.69) is 27.1 Å². The highest BCUT2D eigenvalue weighted by Gasteiger charge is 2.29. The number of halogens is 1. The van der Waals surface area contributed by atoms with Crippen molar-refractivity contribution in [3.05, 3.63) is 48.3 Å². The highest BCUT2D eigenvalue weighted by Crippen LogP contribution is 2.23. The van der Waals surface area contributed by atoms with Crippen LogP contribution in [-0.2, 0) is 11.3 Å². The highest BCUT2D eigenvalue weighted by molar-refractivity contribution is 9.09. The van der Waals surface area contributed by atoms with Crippen molar-refractivity contribution in [2.45, 2.75) is 13.0 Å². The molecule has 0 bridgehead atoms. The third-order valence-corrected chi connectivity index (χ3v) is 4.53. The lowest BCUT2D eigenvalue weighted by molar-refractivity contribution is -0.128. The molecule has 3 rings (SSSR count). The van der Waals surface area contributed by atoms with Crippen molar-refractivity contribution < 1.29 is 4.79 Å². The van der Waals surface area contributed by atoms with E-state index in [1.165, 1.54) is 0 Å². The Kier molecular flexibility index (Phi) is 3.87. The number of para-hydroxylation sites is 1. The Morgan fingerprint density at radius 1 is 1.30 bits per heavy atom. The Morgan fingerprint density at radius 2 is 2.15 bits per heavy atom. The number of benzene rings is 1. The van der Waals surface area contributed by atoms with Gasteiger partial charge >= 0.3 is 0 Å². The van der Waals surface area contributed by atoms with Gasteiger partial charge in [-0.3, -0.25) is 4.79 Å². The minimum Gasteiger partial charge on any atom is -0.338 e. The predicted octanol–water partition coefficient (Wildman–Crippen LogP) is 2.62. The fraction of sp³-hybridized carbons (Fsp3) is 0.333. The maximum absolute atomic E-state index is 12.0. The molecule has 5 heteroatoms. The SMILES string of the molecule is O=C1CC(CBr)CN1Cc1ccccc1-n1cccn1. The summed E-state index contributed by atoms with van der Waals surface area (Å²) in [6.07, 6.45) is 4.33. The zero-order valence-corrected chi connectivity index (χ0v) is 12.7. The van der Waals surface area contributed by atoms with Gasteiger partial charge in [-0.25, -0.2) is 4.68 Å². The summed E-state index contributed by atoms with van der Waals surface area (Å²) < 4.78 is 1.85. The van der Waals surface area contributed by atoms with Gasteiger partial charge in [-0.15, -0.1) is 0 Å². The second-order valence-corrected chi connectivity index (χ2v) is 5.73. The summed E-state index contributed by atoms with van der Waals surface area (Å²) in [6.45, 7) is 1.48. The second kappa shape index (κ2) is 5.79. The molecule has 104 valence electrons. The number of rotatable bonds is 4. The lowest BCUT2D eigenvalue weighted by Crippen LogP contribution is -2.25. The van der Waals surface area contributed by atoms with Crippen LogP contribution in [0.3, 0.4) is 0 Å².